The highest BCUT2D eigenvalue weighted by atomic mass is 79.9. The topological polar surface area (TPSA) is 30.5 Å². The van der Waals surface area contributed by atoms with Gasteiger partial charge in [0.1, 0.15) is 18.1 Å². The van der Waals surface area contributed by atoms with Crippen LogP contribution in [0.2, 0.25) is 0 Å². The molecular weight excluding hydrogens is 306 g/mol. The lowest BCUT2D eigenvalue weighted by molar-refractivity contribution is 0.306. The Labute approximate surface area is 123 Å². The fraction of sp³-hybridized carbons (Fsp3) is 0.600. The van der Waals surface area contributed by atoms with E-state index in [0.717, 1.165) is 35.0 Å². The van der Waals surface area contributed by atoms with Crippen molar-refractivity contribution in [3.05, 3.63) is 22.7 Å². The van der Waals surface area contributed by atoms with Crippen molar-refractivity contribution in [1.82, 2.24) is 5.32 Å². The average molecular weight is 328 g/mol. The van der Waals surface area contributed by atoms with Crippen molar-refractivity contribution in [3.8, 4) is 11.5 Å². The predicted octanol–water partition coefficient (Wildman–Crippen LogP) is 3.62. The molecular formula is C15H22BrNO2. The Morgan fingerprint density at radius 3 is 2.79 bits per heavy atom. The first-order valence-electron chi connectivity index (χ1n) is 6.96. The van der Waals surface area contributed by atoms with Crippen molar-refractivity contribution in [1.29, 1.82) is 0 Å². The Bertz CT molecular complexity index is 392. The van der Waals surface area contributed by atoms with E-state index in [2.05, 4.69) is 21.2 Å². The SMILES string of the molecule is COc1ccc(OCCNCC2CCCC2)c(Br)c1. The molecule has 1 fully saturated rings. The summed E-state index contributed by atoms with van der Waals surface area (Å²) < 4.78 is 11.8. The van der Waals surface area contributed by atoms with Gasteiger partial charge < -0.3 is 14.8 Å². The Morgan fingerprint density at radius 1 is 1.32 bits per heavy atom. The minimum absolute atomic E-state index is 0.692. The molecule has 0 saturated heterocycles. The largest absolute Gasteiger partial charge is 0.497 e. The summed E-state index contributed by atoms with van der Waals surface area (Å²) in [6, 6.07) is 5.76. The van der Waals surface area contributed by atoms with Crippen LogP contribution in [0.4, 0.5) is 0 Å². The third-order valence-electron chi connectivity index (χ3n) is 3.58. The molecule has 4 heteroatoms. The second-order valence-electron chi connectivity index (χ2n) is 5.00. The van der Waals surface area contributed by atoms with Crippen molar-refractivity contribution in [3.63, 3.8) is 0 Å². The molecule has 0 radical (unpaired) electrons. The predicted molar refractivity (Wildman–Crippen MR) is 81.0 cm³/mol. The molecule has 0 spiro atoms. The summed E-state index contributed by atoms with van der Waals surface area (Å²) in [5.74, 6) is 2.58. The number of benzene rings is 1. The van der Waals surface area contributed by atoms with E-state index >= 15 is 0 Å². The third-order valence-corrected chi connectivity index (χ3v) is 4.20. The van der Waals surface area contributed by atoms with Gasteiger partial charge in [0.05, 0.1) is 11.6 Å². The Kier molecular flexibility index (Phi) is 5.98. The van der Waals surface area contributed by atoms with Crippen LogP contribution in [0.5, 0.6) is 11.5 Å². The van der Waals surface area contributed by atoms with Gasteiger partial charge in [0, 0.05) is 6.54 Å². The van der Waals surface area contributed by atoms with Crippen LogP contribution in [0.1, 0.15) is 25.7 Å². The normalized spacial score (nSPS) is 15.7. The number of halogens is 1. The Morgan fingerprint density at radius 2 is 2.11 bits per heavy atom. The van der Waals surface area contributed by atoms with Crippen LogP contribution in [0.3, 0.4) is 0 Å². The second-order valence-corrected chi connectivity index (χ2v) is 5.85. The molecule has 3 nitrogen and oxygen atoms in total. The fourth-order valence-corrected chi connectivity index (χ4v) is 2.95. The van der Waals surface area contributed by atoms with Crippen LogP contribution in [0.25, 0.3) is 0 Å². The number of methoxy groups -OCH3 is 1. The fourth-order valence-electron chi connectivity index (χ4n) is 2.48. The van der Waals surface area contributed by atoms with Gasteiger partial charge in [0.2, 0.25) is 0 Å². The highest BCUT2D eigenvalue weighted by Gasteiger charge is 2.13. The van der Waals surface area contributed by atoms with Crippen LogP contribution in [-0.2, 0) is 0 Å². The monoisotopic (exact) mass is 327 g/mol. The number of rotatable bonds is 7. The summed E-state index contributed by atoms with van der Waals surface area (Å²) in [5.41, 5.74) is 0. The van der Waals surface area contributed by atoms with Gasteiger partial charge in [0.15, 0.2) is 0 Å². The summed E-state index contributed by atoms with van der Waals surface area (Å²) in [5, 5.41) is 3.47. The van der Waals surface area contributed by atoms with Crippen molar-refractivity contribution in [2.75, 3.05) is 26.8 Å². The first-order valence-corrected chi connectivity index (χ1v) is 7.76. The molecule has 1 aliphatic rings. The van der Waals surface area contributed by atoms with Crippen molar-refractivity contribution < 1.29 is 9.47 Å². The summed E-state index contributed by atoms with van der Waals surface area (Å²) >= 11 is 3.49. The summed E-state index contributed by atoms with van der Waals surface area (Å²) in [7, 11) is 1.66. The molecule has 1 aromatic rings. The molecule has 0 bridgehead atoms. The Balaban J connectivity index is 1.64. The summed E-state index contributed by atoms with van der Waals surface area (Å²) in [4.78, 5) is 0. The molecule has 0 aromatic heterocycles. The summed E-state index contributed by atoms with van der Waals surface area (Å²) in [6.07, 6.45) is 5.58. The van der Waals surface area contributed by atoms with Gasteiger partial charge in [-0.25, -0.2) is 0 Å². The second kappa shape index (κ2) is 7.75. The molecule has 0 atom stereocenters. The minimum Gasteiger partial charge on any atom is -0.497 e. The first kappa shape index (κ1) is 14.7. The van der Waals surface area contributed by atoms with Gasteiger partial charge in [-0.05, 0) is 59.4 Å². The molecule has 1 aromatic carbocycles. The molecule has 0 aliphatic heterocycles. The van der Waals surface area contributed by atoms with Gasteiger partial charge in [-0.2, -0.15) is 0 Å². The molecule has 1 aliphatic carbocycles. The van der Waals surface area contributed by atoms with Crippen LogP contribution in [-0.4, -0.2) is 26.8 Å². The number of ether oxygens (including phenoxy) is 2. The standard InChI is InChI=1S/C15H22BrNO2/c1-18-13-6-7-15(14(16)10-13)19-9-8-17-11-12-4-2-3-5-12/h6-7,10,12,17H,2-5,8-9,11H2,1H3. The molecule has 0 amide bonds. The smallest absolute Gasteiger partial charge is 0.133 e. The van der Waals surface area contributed by atoms with E-state index in [9.17, 15) is 0 Å². The average Bonchev–Trinajstić information content (AvgIpc) is 2.93. The van der Waals surface area contributed by atoms with E-state index in [1.165, 1.54) is 25.7 Å². The van der Waals surface area contributed by atoms with Gasteiger partial charge in [-0.15, -0.1) is 0 Å². The Hall–Kier alpha value is -0.740. The third kappa shape index (κ3) is 4.69. The van der Waals surface area contributed by atoms with Crippen LogP contribution in [0, 0.1) is 5.92 Å². The van der Waals surface area contributed by atoms with E-state index in [0.29, 0.717) is 6.61 Å². The maximum Gasteiger partial charge on any atom is 0.133 e. The van der Waals surface area contributed by atoms with Gasteiger partial charge >= 0.3 is 0 Å². The molecule has 19 heavy (non-hydrogen) atoms. The highest BCUT2D eigenvalue weighted by molar-refractivity contribution is 9.10. The number of hydrogen-bond donors (Lipinski definition) is 1. The highest BCUT2D eigenvalue weighted by Crippen LogP contribution is 2.29. The zero-order valence-electron chi connectivity index (χ0n) is 11.5. The zero-order valence-corrected chi connectivity index (χ0v) is 13.0. The first-order chi connectivity index (χ1) is 9.29. The molecule has 1 saturated carbocycles. The van der Waals surface area contributed by atoms with E-state index in [1.807, 2.05) is 18.2 Å². The van der Waals surface area contributed by atoms with Crippen LogP contribution in [0.15, 0.2) is 22.7 Å². The van der Waals surface area contributed by atoms with Gasteiger partial charge in [-0.1, -0.05) is 12.8 Å². The molecule has 1 N–H and O–H groups in total. The molecule has 0 unspecified atom stereocenters. The van der Waals surface area contributed by atoms with Gasteiger partial charge in [-0.3, -0.25) is 0 Å². The number of hydrogen-bond acceptors (Lipinski definition) is 3. The maximum absolute atomic E-state index is 5.74. The zero-order chi connectivity index (χ0) is 13.5. The van der Waals surface area contributed by atoms with E-state index < -0.39 is 0 Å². The lowest BCUT2D eigenvalue weighted by Gasteiger charge is -2.12. The van der Waals surface area contributed by atoms with Crippen molar-refractivity contribution >= 4 is 15.9 Å². The quantitative estimate of drug-likeness (QED) is 0.776. The molecule has 2 rings (SSSR count). The number of nitrogens with one attached hydrogen (secondary N) is 1. The van der Waals surface area contributed by atoms with Gasteiger partial charge in [0.25, 0.3) is 0 Å². The van der Waals surface area contributed by atoms with E-state index in [1.54, 1.807) is 7.11 Å². The van der Waals surface area contributed by atoms with Crippen molar-refractivity contribution in [2.24, 2.45) is 5.92 Å². The molecule has 106 valence electrons. The summed E-state index contributed by atoms with van der Waals surface area (Å²) in [6.45, 7) is 2.72. The minimum atomic E-state index is 0.692. The van der Waals surface area contributed by atoms with Crippen molar-refractivity contribution in [2.45, 2.75) is 25.7 Å². The van der Waals surface area contributed by atoms with E-state index in [-0.39, 0.29) is 0 Å². The lowest BCUT2D eigenvalue weighted by atomic mass is 10.1. The van der Waals surface area contributed by atoms with Crippen LogP contribution >= 0.6 is 15.9 Å². The maximum atomic E-state index is 5.74. The molecule has 0 heterocycles. The van der Waals surface area contributed by atoms with Crippen LogP contribution < -0.4 is 14.8 Å². The van der Waals surface area contributed by atoms with E-state index in [4.69, 9.17) is 9.47 Å². The lowest BCUT2D eigenvalue weighted by Crippen LogP contribution is -2.26.